The van der Waals surface area contributed by atoms with Crippen molar-refractivity contribution in [2.75, 3.05) is 58.1 Å². The van der Waals surface area contributed by atoms with Gasteiger partial charge in [0.25, 0.3) is 0 Å². The summed E-state index contributed by atoms with van der Waals surface area (Å²) in [4.78, 5) is 26.6. The molecule has 11 nitrogen and oxygen atoms in total. The average molecular weight is 683 g/mol. The topological polar surface area (TPSA) is 124 Å². The Bertz CT molecular complexity index is 2050. The van der Waals surface area contributed by atoms with Crippen molar-refractivity contribution in [2.45, 2.75) is 43.7 Å². The fourth-order valence-electron chi connectivity index (χ4n) is 7.88. The van der Waals surface area contributed by atoms with E-state index in [0.717, 1.165) is 38.8 Å². The smallest absolute Gasteiger partial charge is 0.407 e. The molecule has 0 radical (unpaired) electrons. The van der Waals surface area contributed by atoms with E-state index in [1.807, 2.05) is 0 Å². The largest absolute Gasteiger partial charge is 0.468 e. The van der Waals surface area contributed by atoms with Crippen LogP contribution < -0.4 is 14.4 Å². The maximum atomic E-state index is 17.2. The van der Waals surface area contributed by atoms with E-state index >= 15 is 8.78 Å². The number of hydrogen-bond donors (Lipinski definition) is 1. The molecular formula is C37H36F2N6O5. The monoisotopic (exact) mass is 682 g/mol. The molecule has 50 heavy (non-hydrogen) atoms. The second-order valence-corrected chi connectivity index (χ2v) is 13.0. The van der Waals surface area contributed by atoms with Gasteiger partial charge in [0.2, 0.25) is 0 Å². The van der Waals surface area contributed by atoms with E-state index in [1.54, 1.807) is 29.2 Å². The first-order chi connectivity index (χ1) is 24.3. The van der Waals surface area contributed by atoms with Crippen molar-refractivity contribution in [1.82, 2.24) is 19.8 Å². The van der Waals surface area contributed by atoms with Gasteiger partial charge in [-0.3, -0.25) is 4.90 Å². The van der Waals surface area contributed by atoms with Crippen LogP contribution in [0.2, 0.25) is 0 Å². The third-order valence-electron chi connectivity index (χ3n) is 10.2. The maximum absolute atomic E-state index is 17.2. The number of benzene rings is 3. The number of fused-ring (bicyclic) bond motifs is 3. The number of aromatic nitrogens is 2. The minimum Gasteiger partial charge on any atom is -0.468 e. The standard InChI is InChI=1S/C37H36F2N6O5/c1-3-23-7-4-8-24-17-26(50-22-48-2)18-27(30(23)24)31-29(38)19-28-33(32(31)39)41-35(49-21-37-10-5-13-44(37)14-6-11-37)42-34(28)43-15-16-45(36(46)47)25(20-43)9-12-40/h1,4,7-8,17-19,25H,5-6,9-11,13-16,20-22H2,2H3,(H,46,47)/t25-/m0/s1. The highest BCUT2D eigenvalue weighted by molar-refractivity contribution is 6.04. The molecule has 0 unspecified atom stereocenters. The number of hydrogen-bond acceptors (Lipinski definition) is 9. The highest BCUT2D eigenvalue weighted by atomic mass is 19.1. The molecule has 1 atom stereocenters. The van der Waals surface area contributed by atoms with Crippen LogP contribution in [0.15, 0.2) is 36.4 Å². The van der Waals surface area contributed by atoms with Gasteiger partial charge in [0.05, 0.1) is 29.6 Å². The van der Waals surface area contributed by atoms with Gasteiger partial charge in [-0.05, 0) is 68.4 Å². The first kappa shape index (κ1) is 33.3. The summed E-state index contributed by atoms with van der Waals surface area (Å²) in [5.41, 5.74) is -0.0433. The van der Waals surface area contributed by atoms with E-state index in [0.29, 0.717) is 28.7 Å². The molecule has 3 fully saturated rings. The summed E-state index contributed by atoms with van der Waals surface area (Å²) in [6.07, 6.45) is 8.70. The lowest BCUT2D eigenvalue weighted by Gasteiger charge is -2.40. The summed E-state index contributed by atoms with van der Waals surface area (Å²) in [6.45, 7) is 2.53. The minimum atomic E-state index is -1.14. The number of terminal acetylenes is 1. The zero-order valence-corrected chi connectivity index (χ0v) is 27.6. The lowest BCUT2D eigenvalue weighted by Crippen LogP contribution is -2.55. The predicted molar refractivity (Wildman–Crippen MR) is 182 cm³/mol. The average Bonchev–Trinajstić information content (AvgIpc) is 3.70. The predicted octanol–water partition coefficient (Wildman–Crippen LogP) is 5.78. The van der Waals surface area contributed by atoms with Crippen LogP contribution in [0.3, 0.4) is 0 Å². The number of piperazine rings is 1. The highest BCUT2D eigenvalue weighted by Crippen LogP contribution is 2.43. The Kier molecular flexibility index (Phi) is 9.03. The number of anilines is 1. The molecule has 1 aromatic heterocycles. The number of rotatable bonds is 9. The van der Waals surface area contributed by atoms with E-state index in [-0.39, 0.29) is 72.2 Å². The molecule has 258 valence electrons. The van der Waals surface area contributed by atoms with Gasteiger partial charge < -0.3 is 29.1 Å². The minimum absolute atomic E-state index is 0.0630. The number of amides is 1. The van der Waals surface area contributed by atoms with Gasteiger partial charge in [-0.1, -0.05) is 18.1 Å². The number of nitriles is 1. The molecule has 1 N–H and O–H groups in total. The summed E-state index contributed by atoms with van der Waals surface area (Å²) >= 11 is 0. The fourth-order valence-corrected chi connectivity index (χ4v) is 7.88. The molecule has 4 heterocycles. The zero-order valence-electron chi connectivity index (χ0n) is 27.6. The van der Waals surface area contributed by atoms with Crippen LogP contribution in [-0.2, 0) is 4.74 Å². The molecule has 0 saturated carbocycles. The molecule has 3 aliphatic rings. The van der Waals surface area contributed by atoms with Crippen molar-refractivity contribution in [3.63, 3.8) is 0 Å². The number of carbonyl (C=O) groups is 1. The fraction of sp³-hybridized carbons (Fsp3) is 0.405. The third-order valence-corrected chi connectivity index (χ3v) is 10.2. The summed E-state index contributed by atoms with van der Waals surface area (Å²) in [5.74, 6) is 1.33. The van der Waals surface area contributed by atoms with E-state index in [2.05, 4.69) is 21.9 Å². The van der Waals surface area contributed by atoms with E-state index in [9.17, 15) is 15.2 Å². The Morgan fingerprint density at radius 2 is 1.92 bits per heavy atom. The zero-order chi connectivity index (χ0) is 35.0. The Hall–Kier alpha value is -5.24. The molecule has 1 amide bonds. The Balaban J connectivity index is 1.40. The quantitative estimate of drug-likeness (QED) is 0.172. The van der Waals surface area contributed by atoms with E-state index in [1.165, 1.54) is 24.1 Å². The van der Waals surface area contributed by atoms with Gasteiger partial charge in [0, 0.05) is 48.6 Å². The summed E-state index contributed by atoms with van der Waals surface area (Å²) in [5, 5.41) is 20.4. The molecule has 13 heteroatoms. The number of methoxy groups -OCH3 is 1. The molecule has 7 rings (SSSR count). The number of carboxylic acid groups (broad SMARTS) is 1. The summed E-state index contributed by atoms with van der Waals surface area (Å²) in [7, 11) is 1.47. The van der Waals surface area contributed by atoms with Gasteiger partial charge in [-0.15, -0.1) is 6.42 Å². The van der Waals surface area contributed by atoms with Gasteiger partial charge in [-0.25, -0.2) is 13.6 Å². The lowest BCUT2D eigenvalue weighted by atomic mass is 9.93. The molecule has 0 aliphatic carbocycles. The SMILES string of the molecule is C#Cc1cccc2cc(OCOC)cc(-c3c(F)cc4c(N5CCN(C(=O)O)[C@@H](CC#N)C5)nc(OCC56CCCN5CCC6)nc4c3F)c12. The van der Waals surface area contributed by atoms with E-state index < -0.39 is 23.8 Å². The van der Waals surface area contributed by atoms with Crippen LogP contribution in [0.4, 0.5) is 19.4 Å². The highest BCUT2D eigenvalue weighted by Gasteiger charge is 2.45. The first-order valence-corrected chi connectivity index (χ1v) is 16.6. The number of halogens is 2. The van der Waals surface area contributed by atoms with Gasteiger partial charge in [-0.2, -0.15) is 15.2 Å². The molecule has 4 aromatic rings. The Morgan fingerprint density at radius 1 is 1.12 bits per heavy atom. The van der Waals surface area contributed by atoms with Gasteiger partial charge >= 0.3 is 12.1 Å². The van der Waals surface area contributed by atoms with Crippen molar-refractivity contribution >= 4 is 33.6 Å². The molecule has 3 saturated heterocycles. The third kappa shape index (κ3) is 5.86. The molecular weight excluding hydrogens is 646 g/mol. The number of ether oxygens (including phenoxy) is 3. The van der Waals surface area contributed by atoms with Gasteiger partial charge in [0.1, 0.15) is 29.5 Å². The Morgan fingerprint density at radius 3 is 2.64 bits per heavy atom. The van der Waals surface area contributed by atoms with Crippen LogP contribution in [-0.4, -0.2) is 95.8 Å². The van der Waals surface area contributed by atoms with Crippen molar-refractivity contribution in [2.24, 2.45) is 0 Å². The second-order valence-electron chi connectivity index (χ2n) is 13.0. The normalized spacial score (nSPS) is 18.6. The van der Waals surface area contributed by atoms with Crippen molar-refractivity contribution < 1.29 is 32.9 Å². The molecule has 3 aliphatic heterocycles. The lowest BCUT2D eigenvalue weighted by molar-refractivity contribution is 0.0512. The molecule has 0 bridgehead atoms. The van der Waals surface area contributed by atoms with Crippen LogP contribution in [0.5, 0.6) is 11.8 Å². The van der Waals surface area contributed by atoms with E-state index in [4.69, 9.17) is 25.6 Å². The molecule has 3 aromatic carbocycles. The summed E-state index contributed by atoms with van der Waals surface area (Å²) in [6, 6.07) is 11.0. The molecule has 0 spiro atoms. The van der Waals surface area contributed by atoms with Crippen molar-refractivity contribution in [1.29, 1.82) is 5.26 Å². The summed E-state index contributed by atoms with van der Waals surface area (Å²) < 4.78 is 50.8. The van der Waals surface area contributed by atoms with Crippen LogP contribution in [0, 0.1) is 35.3 Å². The maximum Gasteiger partial charge on any atom is 0.407 e. The van der Waals surface area contributed by atoms with Crippen molar-refractivity contribution in [3.8, 4) is 41.3 Å². The second kappa shape index (κ2) is 13.6. The number of nitrogens with zero attached hydrogens (tertiary/aromatic N) is 6. The van der Waals surface area contributed by atoms with Crippen molar-refractivity contribution in [3.05, 3.63) is 53.6 Å². The Labute approximate surface area is 288 Å². The van der Waals surface area contributed by atoms with Gasteiger partial charge in [0.15, 0.2) is 12.6 Å². The van der Waals surface area contributed by atoms with Crippen LogP contribution >= 0.6 is 0 Å². The van der Waals surface area contributed by atoms with Crippen LogP contribution in [0.1, 0.15) is 37.7 Å². The first-order valence-electron chi connectivity index (χ1n) is 16.6. The van der Waals surface area contributed by atoms with Crippen LogP contribution in [0.25, 0.3) is 32.8 Å².